The Morgan fingerprint density at radius 3 is 2.39 bits per heavy atom. The maximum Gasteiger partial charge on any atom is 0.229 e. The summed E-state index contributed by atoms with van der Waals surface area (Å²) < 4.78 is 25.3. The van der Waals surface area contributed by atoms with Crippen molar-refractivity contribution in [1.82, 2.24) is 5.32 Å². The number of aromatic hydroxyl groups is 1. The van der Waals surface area contributed by atoms with Gasteiger partial charge in [-0.15, -0.1) is 0 Å². The molecule has 5 N–H and O–H groups in total. The lowest BCUT2D eigenvalue weighted by atomic mass is 10.0. The Labute approximate surface area is 225 Å². The third-order valence-electron chi connectivity index (χ3n) is 7.57. The van der Waals surface area contributed by atoms with E-state index in [2.05, 4.69) is 32.4 Å². The first-order valence-electron chi connectivity index (χ1n) is 13.5. The number of sulfonamides is 1. The zero-order valence-electron chi connectivity index (χ0n) is 22.0. The van der Waals surface area contributed by atoms with Crippen molar-refractivity contribution < 1.29 is 23.4 Å². The van der Waals surface area contributed by atoms with Crippen molar-refractivity contribution in [2.75, 3.05) is 40.8 Å². The summed E-state index contributed by atoms with van der Waals surface area (Å²) >= 11 is 0. The van der Waals surface area contributed by atoms with Gasteiger partial charge >= 0.3 is 0 Å². The van der Waals surface area contributed by atoms with Crippen LogP contribution in [0.3, 0.4) is 0 Å². The first kappa shape index (κ1) is 28.2. The molecule has 9 nitrogen and oxygen atoms in total. The average Bonchev–Trinajstić information content (AvgIpc) is 3.41. The zero-order valence-corrected chi connectivity index (χ0v) is 22.8. The summed E-state index contributed by atoms with van der Waals surface area (Å²) in [6.07, 6.45) is 8.72. The minimum atomic E-state index is -3.54. The number of carbonyl (C=O) groups excluding carboxylic acids is 1. The Balaban J connectivity index is 1.19. The number of hydrogen-bond acceptors (Lipinski definition) is 7. The SMILES string of the molecule is CS(=O)(=O)Nc1cc([C@@H](O)CNC2CCN(c3ccc(NC(=O)CCC4CCCC4)cc3)CC2)ccc1O. The van der Waals surface area contributed by atoms with Gasteiger partial charge in [-0.05, 0) is 67.1 Å². The number of anilines is 3. The summed E-state index contributed by atoms with van der Waals surface area (Å²) in [6, 6.07) is 12.7. The molecule has 1 heterocycles. The standard InChI is InChI=1S/C28H40N4O5S/c1-38(36,37)31-25-18-21(7-12-26(25)33)27(34)19-29-22-14-16-32(17-15-22)24-10-8-23(9-11-24)30-28(35)13-6-20-4-2-3-5-20/h7-12,18,20,22,27,29,31,33-34H,2-6,13-17,19H2,1H3,(H,30,35)/t27-/m0/s1. The van der Waals surface area contributed by atoms with Crippen LogP contribution >= 0.6 is 0 Å². The normalized spacial score (nSPS) is 17.9. The summed E-state index contributed by atoms with van der Waals surface area (Å²) in [5.74, 6) is 0.615. The number of hydrogen-bond donors (Lipinski definition) is 5. The molecule has 1 aliphatic carbocycles. The number of nitrogens with zero attached hydrogens (tertiary/aromatic N) is 1. The fourth-order valence-electron chi connectivity index (χ4n) is 5.39. The fraction of sp³-hybridized carbons (Fsp3) is 0.536. The highest BCUT2D eigenvalue weighted by Crippen LogP contribution is 2.30. The van der Waals surface area contributed by atoms with Crippen LogP contribution in [0.1, 0.15) is 63.0 Å². The Hall–Kier alpha value is -2.82. The van der Waals surface area contributed by atoms with Crippen LogP contribution in [0.4, 0.5) is 17.1 Å². The van der Waals surface area contributed by atoms with Gasteiger partial charge < -0.3 is 25.7 Å². The molecule has 2 aromatic carbocycles. The van der Waals surface area contributed by atoms with Gasteiger partial charge in [-0.3, -0.25) is 9.52 Å². The minimum absolute atomic E-state index is 0.0482. The third kappa shape index (κ3) is 8.34. The monoisotopic (exact) mass is 544 g/mol. The number of nitrogens with one attached hydrogen (secondary N) is 3. The van der Waals surface area contributed by atoms with E-state index >= 15 is 0 Å². The smallest absolute Gasteiger partial charge is 0.229 e. The quantitative estimate of drug-likeness (QED) is 0.271. The zero-order chi connectivity index (χ0) is 27.1. The summed E-state index contributed by atoms with van der Waals surface area (Å²) in [7, 11) is -3.54. The van der Waals surface area contributed by atoms with Crippen LogP contribution in [-0.2, 0) is 14.8 Å². The van der Waals surface area contributed by atoms with Crippen LogP contribution in [-0.4, -0.2) is 56.5 Å². The van der Waals surface area contributed by atoms with E-state index in [1.807, 2.05) is 12.1 Å². The number of carbonyl (C=O) groups is 1. The Morgan fingerprint density at radius 1 is 1.05 bits per heavy atom. The molecule has 2 aromatic rings. The van der Waals surface area contributed by atoms with Gasteiger partial charge in [-0.1, -0.05) is 31.7 Å². The number of benzene rings is 2. The van der Waals surface area contributed by atoms with Crippen LogP contribution in [0.25, 0.3) is 0 Å². The van der Waals surface area contributed by atoms with E-state index in [4.69, 9.17) is 0 Å². The number of aliphatic hydroxyl groups excluding tert-OH is 1. The second-order valence-corrected chi connectivity index (χ2v) is 12.4. The highest BCUT2D eigenvalue weighted by molar-refractivity contribution is 7.92. The molecule has 38 heavy (non-hydrogen) atoms. The van der Waals surface area contributed by atoms with E-state index in [-0.39, 0.29) is 23.4 Å². The second kappa shape index (κ2) is 12.8. The maximum atomic E-state index is 12.3. The molecule has 1 saturated carbocycles. The molecule has 1 amide bonds. The molecular formula is C28H40N4O5S. The Morgan fingerprint density at radius 2 is 1.74 bits per heavy atom. The highest BCUT2D eigenvalue weighted by Gasteiger charge is 2.21. The number of aliphatic hydroxyl groups is 1. The van der Waals surface area contributed by atoms with Crippen LogP contribution in [0.2, 0.25) is 0 Å². The van der Waals surface area contributed by atoms with E-state index in [1.54, 1.807) is 6.07 Å². The van der Waals surface area contributed by atoms with Crippen molar-refractivity contribution in [3.63, 3.8) is 0 Å². The molecule has 208 valence electrons. The van der Waals surface area contributed by atoms with Gasteiger partial charge in [0.15, 0.2) is 0 Å². The second-order valence-electron chi connectivity index (χ2n) is 10.6. The predicted molar refractivity (Wildman–Crippen MR) is 151 cm³/mol. The van der Waals surface area contributed by atoms with Crippen molar-refractivity contribution in [1.29, 1.82) is 0 Å². The lowest BCUT2D eigenvalue weighted by Crippen LogP contribution is -2.43. The number of amides is 1. The van der Waals surface area contributed by atoms with Crippen molar-refractivity contribution in [2.45, 2.75) is 63.5 Å². The lowest BCUT2D eigenvalue weighted by Gasteiger charge is -2.34. The highest BCUT2D eigenvalue weighted by atomic mass is 32.2. The number of rotatable bonds is 11. The lowest BCUT2D eigenvalue weighted by molar-refractivity contribution is -0.116. The van der Waals surface area contributed by atoms with Gasteiger partial charge in [0.2, 0.25) is 15.9 Å². The summed E-state index contributed by atoms with van der Waals surface area (Å²) in [5, 5.41) is 26.9. The summed E-state index contributed by atoms with van der Waals surface area (Å²) in [4.78, 5) is 14.6. The molecule has 0 aromatic heterocycles. The number of piperidine rings is 1. The van der Waals surface area contributed by atoms with E-state index in [0.717, 1.165) is 50.0 Å². The molecule has 2 aliphatic rings. The molecule has 2 fully saturated rings. The molecule has 1 saturated heterocycles. The molecule has 0 spiro atoms. The van der Waals surface area contributed by atoms with Crippen LogP contribution < -0.4 is 20.3 Å². The third-order valence-corrected chi connectivity index (χ3v) is 8.16. The molecule has 0 radical (unpaired) electrons. The van der Waals surface area contributed by atoms with Crippen LogP contribution in [0, 0.1) is 5.92 Å². The largest absolute Gasteiger partial charge is 0.506 e. The average molecular weight is 545 g/mol. The van der Waals surface area contributed by atoms with Crippen molar-refractivity contribution in [2.24, 2.45) is 5.92 Å². The minimum Gasteiger partial charge on any atom is -0.506 e. The first-order valence-corrected chi connectivity index (χ1v) is 15.4. The van der Waals surface area contributed by atoms with E-state index in [0.29, 0.717) is 24.4 Å². The van der Waals surface area contributed by atoms with E-state index in [1.165, 1.54) is 37.8 Å². The maximum absolute atomic E-state index is 12.3. The van der Waals surface area contributed by atoms with Gasteiger partial charge in [-0.25, -0.2) is 8.42 Å². The van der Waals surface area contributed by atoms with Gasteiger partial charge in [0.1, 0.15) is 5.75 Å². The Kier molecular flexibility index (Phi) is 9.51. The number of phenols is 1. The van der Waals surface area contributed by atoms with Crippen molar-refractivity contribution >= 4 is 33.0 Å². The van der Waals surface area contributed by atoms with Gasteiger partial charge in [-0.2, -0.15) is 0 Å². The fourth-order valence-corrected chi connectivity index (χ4v) is 5.96. The Bertz CT molecular complexity index is 1170. The van der Waals surface area contributed by atoms with Crippen molar-refractivity contribution in [3.8, 4) is 5.75 Å². The topological polar surface area (TPSA) is 131 Å². The number of phenolic OH excluding ortho intramolecular Hbond substituents is 1. The molecular weight excluding hydrogens is 504 g/mol. The van der Waals surface area contributed by atoms with Gasteiger partial charge in [0, 0.05) is 43.5 Å². The van der Waals surface area contributed by atoms with Gasteiger partial charge in [0.25, 0.3) is 0 Å². The molecule has 4 rings (SSSR count). The van der Waals surface area contributed by atoms with Gasteiger partial charge in [0.05, 0.1) is 18.0 Å². The molecule has 10 heteroatoms. The summed E-state index contributed by atoms with van der Waals surface area (Å²) in [5.41, 5.74) is 2.53. The van der Waals surface area contributed by atoms with E-state index in [9.17, 15) is 23.4 Å². The molecule has 0 unspecified atom stereocenters. The van der Waals surface area contributed by atoms with E-state index < -0.39 is 16.1 Å². The molecule has 0 bridgehead atoms. The molecule has 1 atom stereocenters. The van der Waals surface area contributed by atoms with Crippen molar-refractivity contribution in [3.05, 3.63) is 48.0 Å². The predicted octanol–water partition coefficient (Wildman–Crippen LogP) is 3.96. The van der Waals surface area contributed by atoms with Crippen LogP contribution in [0.5, 0.6) is 5.75 Å². The molecule has 1 aliphatic heterocycles. The summed E-state index contributed by atoms with van der Waals surface area (Å²) in [6.45, 7) is 2.08. The van der Waals surface area contributed by atoms with Crippen LogP contribution in [0.15, 0.2) is 42.5 Å². The first-order chi connectivity index (χ1) is 18.2.